The van der Waals surface area contributed by atoms with Crippen molar-refractivity contribution in [3.63, 3.8) is 0 Å². The van der Waals surface area contributed by atoms with Crippen LogP contribution in [0.1, 0.15) is 42.4 Å². The summed E-state index contributed by atoms with van der Waals surface area (Å²) in [6.45, 7) is 5.04. The van der Waals surface area contributed by atoms with E-state index in [1.807, 2.05) is 17.1 Å². The first-order chi connectivity index (χ1) is 8.26. The molecule has 2 aromatic heterocycles. The molecule has 92 valence electrons. The maximum absolute atomic E-state index is 6.24. The van der Waals surface area contributed by atoms with Gasteiger partial charge in [0.15, 0.2) is 0 Å². The van der Waals surface area contributed by atoms with E-state index >= 15 is 0 Å². The Morgan fingerprint density at radius 3 is 2.94 bits per heavy atom. The maximum Gasteiger partial charge on any atom is 0.0807 e. The van der Waals surface area contributed by atoms with Crippen LogP contribution in [0, 0.1) is 0 Å². The average Bonchev–Trinajstić information content (AvgIpc) is 2.97. The molecule has 0 aliphatic carbocycles. The maximum atomic E-state index is 6.24. The Labute approximate surface area is 105 Å². The lowest BCUT2D eigenvalue weighted by molar-refractivity contribution is 0.658. The molecule has 5 nitrogen and oxygen atoms in total. The Morgan fingerprint density at radius 2 is 2.29 bits per heavy atom. The zero-order chi connectivity index (χ0) is 12.3. The normalized spacial score (nSPS) is 12.9. The van der Waals surface area contributed by atoms with Crippen LogP contribution in [0.2, 0.25) is 0 Å². The molecule has 0 saturated carbocycles. The molecule has 0 radical (unpaired) electrons. The van der Waals surface area contributed by atoms with E-state index in [4.69, 9.17) is 5.73 Å². The third-order valence-corrected chi connectivity index (χ3v) is 3.54. The van der Waals surface area contributed by atoms with Gasteiger partial charge in [-0.15, -0.1) is 5.10 Å². The summed E-state index contributed by atoms with van der Waals surface area (Å²) in [5.41, 5.74) is 8.28. The van der Waals surface area contributed by atoms with Gasteiger partial charge in [-0.3, -0.25) is 4.68 Å². The third kappa shape index (κ3) is 2.53. The molecule has 0 spiro atoms. The van der Waals surface area contributed by atoms with Gasteiger partial charge in [0, 0.05) is 18.3 Å². The Balaban J connectivity index is 2.23. The predicted octanol–water partition coefficient (Wildman–Crippen LogP) is 1.76. The molecule has 0 bridgehead atoms. The number of nitrogens with zero attached hydrogens (tertiary/aromatic N) is 4. The third-order valence-electron chi connectivity index (χ3n) is 2.69. The Kier molecular flexibility index (Phi) is 3.86. The minimum Gasteiger partial charge on any atom is -0.319 e. The van der Waals surface area contributed by atoms with Crippen LogP contribution in [0.4, 0.5) is 0 Å². The summed E-state index contributed by atoms with van der Waals surface area (Å²) in [7, 11) is 0. The van der Waals surface area contributed by atoms with E-state index in [9.17, 15) is 0 Å². The van der Waals surface area contributed by atoms with Crippen LogP contribution in [0.25, 0.3) is 0 Å². The van der Waals surface area contributed by atoms with Gasteiger partial charge in [0.1, 0.15) is 0 Å². The number of aromatic nitrogens is 4. The van der Waals surface area contributed by atoms with Crippen molar-refractivity contribution in [3.05, 3.63) is 28.5 Å². The van der Waals surface area contributed by atoms with Crippen molar-refractivity contribution in [3.8, 4) is 0 Å². The van der Waals surface area contributed by atoms with Crippen LogP contribution in [-0.2, 0) is 13.0 Å². The van der Waals surface area contributed by atoms with Gasteiger partial charge in [-0.05, 0) is 24.9 Å². The van der Waals surface area contributed by atoms with Crippen molar-refractivity contribution in [2.75, 3.05) is 0 Å². The van der Waals surface area contributed by atoms with E-state index in [0.717, 1.165) is 35.5 Å². The fourth-order valence-corrected chi connectivity index (χ4v) is 2.45. The molecule has 2 heterocycles. The molecular weight excluding hydrogens is 234 g/mol. The number of hydrogen-bond donors (Lipinski definition) is 1. The van der Waals surface area contributed by atoms with E-state index in [0.29, 0.717) is 0 Å². The summed E-state index contributed by atoms with van der Waals surface area (Å²) in [4.78, 5) is 1.06. The molecule has 17 heavy (non-hydrogen) atoms. The second-order valence-corrected chi connectivity index (χ2v) is 4.73. The van der Waals surface area contributed by atoms with Crippen molar-refractivity contribution in [2.45, 2.75) is 39.3 Å². The highest BCUT2D eigenvalue weighted by Crippen LogP contribution is 2.25. The van der Waals surface area contributed by atoms with Crippen LogP contribution in [0.3, 0.4) is 0 Å². The summed E-state index contributed by atoms with van der Waals surface area (Å²) < 4.78 is 5.88. The van der Waals surface area contributed by atoms with Crippen molar-refractivity contribution in [1.29, 1.82) is 0 Å². The zero-order valence-corrected chi connectivity index (χ0v) is 10.9. The molecule has 0 aliphatic rings. The summed E-state index contributed by atoms with van der Waals surface area (Å²) in [5.74, 6) is 0. The molecule has 1 unspecified atom stereocenters. The lowest BCUT2D eigenvalue weighted by Gasteiger charge is -2.07. The first kappa shape index (κ1) is 12.2. The number of hydrogen-bond acceptors (Lipinski definition) is 5. The van der Waals surface area contributed by atoms with Gasteiger partial charge in [0.25, 0.3) is 0 Å². The predicted molar refractivity (Wildman–Crippen MR) is 67.8 cm³/mol. The monoisotopic (exact) mass is 251 g/mol. The minimum atomic E-state index is -0.156. The minimum absolute atomic E-state index is 0.156. The highest BCUT2D eigenvalue weighted by molar-refractivity contribution is 7.05. The smallest absolute Gasteiger partial charge is 0.0807 e. The van der Waals surface area contributed by atoms with Crippen LogP contribution in [-0.4, -0.2) is 19.4 Å². The molecule has 1 atom stereocenters. The number of rotatable bonds is 5. The van der Waals surface area contributed by atoms with Crippen molar-refractivity contribution in [2.24, 2.45) is 5.73 Å². The lowest BCUT2D eigenvalue weighted by Crippen LogP contribution is -2.11. The molecule has 0 amide bonds. The highest BCUT2D eigenvalue weighted by atomic mass is 32.1. The van der Waals surface area contributed by atoms with Gasteiger partial charge >= 0.3 is 0 Å². The van der Waals surface area contributed by atoms with Gasteiger partial charge in [-0.25, -0.2) is 0 Å². The molecule has 0 fully saturated rings. The Morgan fingerprint density at radius 1 is 1.47 bits per heavy atom. The Bertz CT molecular complexity index is 476. The van der Waals surface area contributed by atoms with Gasteiger partial charge < -0.3 is 5.73 Å². The summed E-state index contributed by atoms with van der Waals surface area (Å²) in [6, 6.07) is -0.156. The first-order valence-electron chi connectivity index (χ1n) is 5.85. The SMILES string of the molecule is CCCc1nnsc1C(N)c1cnn(CC)c1. The molecular formula is C11H17N5S. The number of nitrogens with two attached hydrogens (primary N) is 1. The van der Waals surface area contributed by atoms with Crippen molar-refractivity contribution < 1.29 is 0 Å². The quantitative estimate of drug-likeness (QED) is 0.879. The molecule has 0 aromatic carbocycles. The molecule has 6 heteroatoms. The molecule has 2 rings (SSSR count). The van der Waals surface area contributed by atoms with E-state index in [-0.39, 0.29) is 6.04 Å². The second-order valence-electron chi connectivity index (χ2n) is 3.94. The zero-order valence-electron chi connectivity index (χ0n) is 10.1. The van der Waals surface area contributed by atoms with Crippen LogP contribution < -0.4 is 5.73 Å². The van der Waals surface area contributed by atoms with Crippen LogP contribution in [0.15, 0.2) is 12.4 Å². The van der Waals surface area contributed by atoms with Crippen LogP contribution in [0.5, 0.6) is 0 Å². The van der Waals surface area contributed by atoms with Crippen molar-refractivity contribution >= 4 is 11.5 Å². The lowest BCUT2D eigenvalue weighted by atomic mass is 10.1. The van der Waals surface area contributed by atoms with Crippen LogP contribution >= 0.6 is 11.5 Å². The Hall–Kier alpha value is -1.27. The summed E-state index contributed by atoms with van der Waals surface area (Å²) in [6.07, 6.45) is 5.80. The van der Waals surface area contributed by atoms with Gasteiger partial charge in [0.05, 0.1) is 22.8 Å². The molecule has 0 saturated heterocycles. The molecule has 2 N–H and O–H groups in total. The fraction of sp³-hybridized carbons (Fsp3) is 0.545. The average molecular weight is 251 g/mol. The standard InChI is InChI=1S/C11H17N5S/c1-3-5-9-11(17-15-14-9)10(12)8-6-13-16(4-2)7-8/h6-7,10H,3-5,12H2,1-2H3. The largest absolute Gasteiger partial charge is 0.319 e. The fourth-order valence-electron chi connectivity index (χ4n) is 1.73. The topological polar surface area (TPSA) is 69.6 Å². The highest BCUT2D eigenvalue weighted by Gasteiger charge is 2.18. The second kappa shape index (κ2) is 5.37. The van der Waals surface area contributed by atoms with E-state index in [1.54, 1.807) is 0 Å². The first-order valence-corrected chi connectivity index (χ1v) is 6.62. The van der Waals surface area contributed by atoms with Gasteiger partial charge in [-0.2, -0.15) is 5.10 Å². The molecule has 0 aliphatic heterocycles. The van der Waals surface area contributed by atoms with E-state index < -0.39 is 0 Å². The van der Waals surface area contributed by atoms with Crippen molar-refractivity contribution in [1.82, 2.24) is 19.4 Å². The summed E-state index contributed by atoms with van der Waals surface area (Å²) in [5, 5.41) is 8.38. The van der Waals surface area contributed by atoms with Gasteiger partial charge in [-0.1, -0.05) is 17.8 Å². The number of aryl methyl sites for hydroxylation is 2. The van der Waals surface area contributed by atoms with E-state index in [2.05, 4.69) is 28.5 Å². The van der Waals surface area contributed by atoms with Gasteiger partial charge in [0.2, 0.25) is 0 Å². The molecule has 2 aromatic rings. The van der Waals surface area contributed by atoms with E-state index in [1.165, 1.54) is 11.5 Å². The summed E-state index contributed by atoms with van der Waals surface area (Å²) >= 11 is 1.39.